The van der Waals surface area contributed by atoms with Gasteiger partial charge in [-0.05, 0) is 84.9 Å². The van der Waals surface area contributed by atoms with Crippen LogP contribution in [0.15, 0.2) is 214 Å². The van der Waals surface area contributed by atoms with Crippen LogP contribution in [0.5, 0.6) is 0 Å². The van der Waals surface area contributed by atoms with Crippen molar-refractivity contribution in [2.45, 2.75) is 0 Å². The molecule has 4 aromatic carbocycles. The third-order valence-corrected chi connectivity index (χ3v) is 8.57. The first kappa shape index (κ1) is 40.4. The molecule has 0 aliphatic heterocycles. The minimum Gasteiger partial charge on any atom is -0.256 e. The molecule has 0 unspecified atom stereocenters. The minimum absolute atomic E-state index is 0. The number of aromatic nitrogens is 4. The van der Waals surface area contributed by atoms with Crippen molar-refractivity contribution in [2.24, 2.45) is 0 Å². The summed E-state index contributed by atoms with van der Waals surface area (Å²) in [6, 6.07) is 58.2. The summed E-state index contributed by atoms with van der Waals surface area (Å²) in [5.41, 5.74) is 8.60. The summed E-state index contributed by atoms with van der Waals surface area (Å²) >= 11 is 10.3. The Bertz CT molecular complexity index is 1950. The van der Waals surface area contributed by atoms with Crippen molar-refractivity contribution in [1.82, 2.24) is 19.9 Å². The Labute approximate surface area is 346 Å². The minimum atomic E-state index is 0. The molecule has 52 heavy (non-hydrogen) atoms. The Hall–Kier alpha value is -4.34. The predicted octanol–water partition coefficient (Wildman–Crippen LogP) is 13.3. The smallest absolute Gasteiger partial charge is 0.256 e. The van der Waals surface area contributed by atoms with E-state index in [4.69, 9.17) is 0 Å². The van der Waals surface area contributed by atoms with Gasteiger partial charge < -0.3 is 0 Å². The van der Waals surface area contributed by atoms with Gasteiger partial charge >= 0.3 is 22.4 Å². The number of pyridine rings is 4. The molecule has 8 aromatic rings. The van der Waals surface area contributed by atoms with Crippen molar-refractivity contribution >= 4 is 47.8 Å². The second kappa shape index (κ2) is 22.6. The normalized spacial score (nSPS) is 9.67. The summed E-state index contributed by atoms with van der Waals surface area (Å²) < 4.78 is 3.24. The number of benzene rings is 4. The molecule has 0 fully saturated rings. The van der Waals surface area contributed by atoms with E-state index in [0.717, 1.165) is 58.4 Å². The standard InChI is InChI=1S/3C11H8BrN.C11H9N.Au/c3*12-10-5-3-4-9(8-10)11-6-1-2-7-13-11;1-2-6-10(7-3-1)11-8-4-5-9-12-11;/h3*1-8H;1-9H;/q;;;;+3. The molecule has 0 amide bonds. The van der Waals surface area contributed by atoms with Gasteiger partial charge in [-0.2, -0.15) is 0 Å². The summed E-state index contributed by atoms with van der Waals surface area (Å²) in [6.07, 6.45) is 7.21. The maximum absolute atomic E-state index is 4.27. The van der Waals surface area contributed by atoms with Crippen LogP contribution in [0.1, 0.15) is 0 Å². The van der Waals surface area contributed by atoms with Gasteiger partial charge in [0.1, 0.15) is 0 Å². The van der Waals surface area contributed by atoms with Crippen molar-refractivity contribution in [2.75, 3.05) is 0 Å². The first-order valence-electron chi connectivity index (χ1n) is 16.0. The molecule has 8 rings (SSSR count). The van der Waals surface area contributed by atoms with E-state index in [0.29, 0.717) is 0 Å². The molecule has 0 saturated heterocycles. The molecule has 0 spiro atoms. The average molecular weight is 1050 g/mol. The summed E-state index contributed by atoms with van der Waals surface area (Å²) in [5.74, 6) is 0. The molecule has 0 atom stereocenters. The van der Waals surface area contributed by atoms with E-state index in [1.807, 2.05) is 152 Å². The van der Waals surface area contributed by atoms with Gasteiger partial charge in [0.15, 0.2) is 0 Å². The molecule has 4 heterocycles. The maximum atomic E-state index is 4.27. The van der Waals surface area contributed by atoms with Crippen LogP contribution >= 0.6 is 47.8 Å². The van der Waals surface area contributed by atoms with Crippen molar-refractivity contribution in [3.05, 3.63) is 214 Å². The first-order chi connectivity index (χ1) is 25.0. The fraction of sp³-hybridized carbons (Fsp3) is 0. The largest absolute Gasteiger partial charge is 3.00 e. The van der Waals surface area contributed by atoms with Gasteiger partial charge in [0.05, 0.1) is 22.8 Å². The number of rotatable bonds is 4. The fourth-order valence-electron chi connectivity index (χ4n) is 4.69. The molecule has 0 N–H and O–H groups in total. The molecule has 4 aromatic heterocycles. The van der Waals surface area contributed by atoms with Crippen LogP contribution in [0, 0.1) is 0 Å². The van der Waals surface area contributed by atoms with Gasteiger partial charge in [0.25, 0.3) is 0 Å². The van der Waals surface area contributed by atoms with E-state index in [1.165, 1.54) is 0 Å². The van der Waals surface area contributed by atoms with E-state index in [-0.39, 0.29) is 22.4 Å². The van der Waals surface area contributed by atoms with Crippen LogP contribution in [0.4, 0.5) is 0 Å². The topological polar surface area (TPSA) is 51.6 Å². The molecule has 8 heteroatoms. The van der Waals surface area contributed by atoms with Crippen molar-refractivity contribution in [1.29, 1.82) is 0 Å². The molecule has 0 aliphatic rings. The van der Waals surface area contributed by atoms with Gasteiger partial charge in [0.2, 0.25) is 0 Å². The predicted molar refractivity (Wildman–Crippen MR) is 222 cm³/mol. The Morgan fingerprint density at radius 3 is 0.808 bits per heavy atom. The molecule has 0 bridgehead atoms. The second-order valence-electron chi connectivity index (χ2n) is 10.8. The quantitative estimate of drug-likeness (QED) is 0.165. The van der Waals surface area contributed by atoms with Crippen molar-refractivity contribution in [3.8, 4) is 45.0 Å². The van der Waals surface area contributed by atoms with Gasteiger partial charge in [0, 0.05) is 60.5 Å². The number of hydrogen-bond donors (Lipinski definition) is 0. The fourth-order valence-corrected chi connectivity index (χ4v) is 5.88. The Kier molecular flexibility index (Phi) is 17.5. The van der Waals surface area contributed by atoms with Gasteiger partial charge in [-0.15, -0.1) is 0 Å². The SMILES string of the molecule is Brc1cccc(-c2ccccn2)c1.Brc1cccc(-c2ccccn2)c1.Brc1cccc(-c2ccccn2)c1.[Au+3].c1ccc(-c2ccccn2)cc1. The average Bonchev–Trinajstić information content (AvgIpc) is 3.20. The van der Waals surface area contributed by atoms with Crippen molar-refractivity contribution in [3.63, 3.8) is 0 Å². The number of nitrogens with zero attached hydrogens (tertiary/aromatic N) is 4. The Morgan fingerprint density at radius 2 is 0.538 bits per heavy atom. The van der Waals surface area contributed by atoms with Gasteiger partial charge in [-0.3, -0.25) is 19.9 Å². The molecule has 0 saturated carbocycles. The molecular weight excluding hydrogens is 1020 g/mol. The van der Waals surface area contributed by atoms with Crippen LogP contribution in [-0.2, 0) is 22.4 Å². The summed E-state index contributed by atoms with van der Waals surface area (Å²) in [5, 5.41) is 0. The summed E-state index contributed by atoms with van der Waals surface area (Å²) in [7, 11) is 0. The summed E-state index contributed by atoms with van der Waals surface area (Å²) in [6.45, 7) is 0. The Balaban J connectivity index is 0.000000154. The monoisotopic (exact) mass is 1050 g/mol. The van der Waals surface area contributed by atoms with Crippen LogP contribution in [0.2, 0.25) is 0 Å². The summed E-state index contributed by atoms with van der Waals surface area (Å²) in [4.78, 5) is 17.1. The zero-order valence-corrected chi connectivity index (χ0v) is 34.7. The number of hydrogen-bond acceptors (Lipinski definition) is 4. The maximum Gasteiger partial charge on any atom is 3.00 e. The van der Waals surface area contributed by atoms with E-state index >= 15 is 0 Å². The first-order valence-corrected chi connectivity index (χ1v) is 18.4. The van der Waals surface area contributed by atoms with Crippen molar-refractivity contribution < 1.29 is 22.4 Å². The molecule has 4 nitrogen and oxygen atoms in total. The van der Waals surface area contributed by atoms with Crippen LogP contribution in [0.25, 0.3) is 45.0 Å². The third kappa shape index (κ3) is 13.7. The zero-order valence-electron chi connectivity index (χ0n) is 27.8. The van der Waals surface area contributed by atoms with E-state index in [1.54, 1.807) is 18.6 Å². The molecule has 0 aliphatic carbocycles. The third-order valence-electron chi connectivity index (χ3n) is 7.09. The van der Waals surface area contributed by atoms with E-state index < -0.39 is 0 Å². The molecular formula is C44H33AuBr3N4+3. The van der Waals surface area contributed by atoms with E-state index in [9.17, 15) is 0 Å². The number of halogens is 3. The van der Waals surface area contributed by atoms with Gasteiger partial charge in [-0.25, -0.2) is 0 Å². The molecule has 258 valence electrons. The zero-order chi connectivity index (χ0) is 35.5. The Morgan fingerprint density at radius 1 is 0.269 bits per heavy atom. The van der Waals surface area contributed by atoms with Crippen LogP contribution < -0.4 is 0 Å². The molecule has 0 radical (unpaired) electrons. The van der Waals surface area contributed by atoms with Crippen LogP contribution in [-0.4, -0.2) is 19.9 Å². The van der Waals surface area contributed by atoms with Gasteiger partial charge in [-0.1, -0.05) is 139 Å². The van der Waals surface area contributed by atoms with E-state index in [2.05, 4.69) is 98.1 Å². The van der Waals surface area contributed by atoms with Crippen LogP contribution in [0.3, 0.4) is 0 Å². The second-order valence-corrected chi connectivity index (χ2v) is 13.5.